The Kier molecular flexibility index (Phi) is 4.74. The minimum absolute atomic E-state index is 0.201. The lowest BCUT2D eigenvalue weighted by atomic mass is 10.0. The zero-order valence-electron chi connectivity index (χ0n) is 14.8. The van der Waals surface area contributed by atoms with Crippen molar-refractivity contribution in [3.63, 3.8) is 0 Å². The number of esters is 1. The predicted octanol–water partition coefficient (Wildman–Crippen LogP) is 3.84. The van der Waals surface area contributed by atoms with Crippen LogP contribution in [0.3, 0.4) is 0 Å². The van der Waals surface area contributed by atoms with Gasteiger partial charge in [-0.15, -0.1) is 0 Å². The first kappa shape index (κ1) is 17.0. The van der Waals surface area contributed by atoms with E-state index in [0.717, 1.165) is 34.5 Å². The molecule has 3 aromatic rings. The van der Waals surface area contributed by atoms with Crippen molar-refractivity contribution in [2.75, 3.05) is 12.3 Å². The van der Waals surface area contributed by atoms with Gasteiger partial charge in [-0.2, -0.15) is 0 Å². The summed E-state index contributed by atoms with van der Waals surface area (Å²) in [6.45, 7) is 6.15. The third-order valence-electron chi connectivity index (χ3n) is 4.36. The minimum atomic E-state index is -0.279. The van der Waals surface area contributed by atoms with E-state index in [9.17, 15) is 4.79 Å². The van der Waals surface area contributed by atoms with Gasteiger partial charge in [-0.05, 0) is 49.7 Å². The van der Waals surface area contributed by atoms with E-state index < -0.39 is 0 Å². The van der Waals surface area contributed by atoms with Crippen molar-refractivity contribution in [1.82, 2.24) is 9.55 Å². The summed E-state index contributed by atoms with van der Waals surface area (Å²) in [7, 11) is 0. The summed E-state index contributed by atoms with van der Waals surface area (Å²) in [6, 6.07) is 13.7. The van der Waals surface area contributed by atoms with Crippen molar-refractivity contribution in [3.05, 3.63) is 53.9 Å². The molecule has 0 radical (unpaired) electrons. The van der Waals surface area contributed by atoms with Crippen LogP contribution in [0.4, 0.5) is 5.69 Å². The van der Waals surface area contributed by atoms with Crippen molar-refractivity contribution in [1.29, 1.82) is 0 Å². The summed E-state index contributed by atoms with van der Waals surface area (Å²) < 4.78 is 7.23. The molecule has 5 heteroatoms. The number of nitrogens with zero attached hydrogens (tertiary/aromatic N) is 2. The third-order valence-corrected chi connectivity index (χ3v) is 4.36. The number of benzene rings is 2. The number of fused-ring (bicyclic) bond motifs is 1. The second-order valence-electron chi connectivity index (χ2n) is 6.03. The van der Waals surface area contributed by atoms with Crippen LogP contribution >= 0.6 is 0 Å². The van der Waals surface area contributed by atoms with Gasteiger partial charge in [0.05, 0.1) is 23.6 Å². The van der Waals surface area contributed by atoms with Gasteiger partial charge in [-0.3, -0.25) is 9.36 Å². The van der Waals surface area contributed by atoms with Crippen LogP contribution in [-0.2, 0) is 16.0 Å². The van der Waals surface area contributed by atoms with E-state index >= 15 is 0 Å². The van der Waals surface area contributed by atoms with Crippen molar-refractivity contribution in [2.24, 2.45) is 0 Å². The van der Waals surface area contributed by atoms with Gasteiger partial charge < -0.3 is 10.5 Å². The number of aryl methyl sites for hydroxylation is 1. The molecule has 1 aromatic heterocycles. The van der Waals surface area contributed by atoms with Crippen LogP contribution in [0.25, 0.3) is 16.7 Å². The normalized spacial score (nSPS) is 12.3. The Labute approximate surface area is 147 Å². The number of anilines is 1. The Hall–Kier alpha value is -2.82. The number of nitrogens with two attached hydrogens (primary N) is 1. The smallest absolute Gasteiger partial charge is 0.313 e. The fourth-order valence-corrected chi connectivity index (χ4v) is 2.99. The summed E-state index contributed by atoms with van der Waals surface area (Å²) in [5.41, 5.74) is 10.5. The highest BCUT2D eigenvalue weighted by Gasteiger charge is 2.17. The molecule has 3 rings (SSSR count). The van der Waals surface area contributed by atoms with E-state index in [4.69, 9.17) is 10.5 Å². The maximum Gasteiger partial charge on any atom is 0.313 e. The number of carbonyl (C=O) groups is 1. The third kappa shape index (κ3) is 3.22. The molecule has 2 N–H and O–H groups in total. The summed E-state index contributed by atoms with van der Waals surface area (Å²) in [5, 5.41) is 0. The molecule has 0 aliphatic carbocycles. The van der Waals surface area contributed by atoms with Gasteiger partial charge in [0.15, 0.2) is 0 Å². The maximum atomic E-state index is 11.9. The van der Waals surface area contributed by atoms with Crippen LogP contribution in [-0.4, -0.2) is 22.1 Å². The van der Waals surface area contributed by atoms with E-state index in [2.05, 4.69) is 16.5 Å². The molecule has 25 heavy (non-hydrogen) atoms. The summed E-state index contributed by atoms with van der Waals surface area (Å²) in [5.74, 6) is 0.499. The number of imidazole rings is 1. The lowest BCUT2D eigenvalue weighted by molar-refractivity contribution is -0.144. The zero-order valence-corrected chi connectivity index (χ0v) is 14.8. The Morgan fingerprint density at radius 2 is 1.92 bits per heavy atom. The van der Waals surface area contributed by atoms with Crippen LogP contribution in [0.5, 0.6) is 0 Å². The maximum absolute atomic E-state index is 11.9. The number of hydrogen-bond donors (Lipinski definition) is 1. The first-order chi connectivity index (χ1) is 12.0. The first-order valence-electron chi connectivity index (χ1n) is 8.59. The fraction of sp³-hybridized carbons (Fsp3) is 0.300. The van der Waals surface area contributed by atoms with E-state index in [1.165, 1.54) is 0 Å². The standard InChI is InChI=1S/C20H23N3O2/c1-4-19-22-17-12-15(21)8-11-18(17)23(19)16-9-6-14(7-10-16)13(3)20(24)25-5-2/h6-13H,4-5,21H2,1-3H3. The van der Waals surface area contributed by atoms with Gasteiger partial charge in [0.2, 0.25) is 0 Å². The molecule has 0 fully saturated rings. The quantitative estimate of drug-likeness (QED) is 0.567. The molecular weight excluding hydrogens is 314 g/mol. The topological polar surface area (TPSA) is 70.1 Å². The predicted molar refractivity (Wildman–Crippen MR) is 99.9 cm³/mol. The number of rotatable bonds is 5. The van der Waals surface area contributed by atoms with E-state index in [1.807, 2.05) is 56.3 Å². The summed E-state index contributed by atoms with van der Waals surface area (Å²) in [4.78, 5) is 16.6. The molecule has 2 aromatic carbocycles. The van der Waals surface area contributed by atoms with Crippen molar-refractivity contribution in [2.45, 2.75) is 33.1 Å². The molecule has 130 valence electrons. The van der Waals surface area contributed by atoms with Crippen LogP contribution in [0, 0.1) is 0 Å². The molecule has 0 aliphatic heterocycles. The van der Waals surface area contributed by atoms with Gasteiger partial charge in [0, 0.05) is 17.8 Å². The zero-order chi connectivity index (χ0) is 18.0. The lowest BCUT2D eigenvalue weighted by Crippen LogP contribution is -2.13. The number of carbonyl (C=O) groups excluding carboxylic acids is 1. The minimum Gasteiger partial charge on any atom is -0.466 e. The van der Waals surface area contributed by atoms with Crippen LogP contribution in [0.2, 0.25) is 0 Å². The molecule has 5 nitrogen and oxygen atoms in total. The molecule has 0 saturated carbocycles. The van der Waals surface area contributed by atoms with Gasteiger partial charge in [0.25, 0.3) is 0 Å². The molecule has 1 unspecified atom stereocenters. The molecule has 0 aliphatic rings. The Morgan fingerprint density at radius 1 is 1.20 bits per heavy atom. The van der Waals surface area contributed by atoms with Crippen LogP contribution in [0.1, 0.15) is 38.1 Å². The van der Waals surface area contributed by atoms with Crippen molar-refractivity contribution >= 4 is 22.7 Å². The molecule has 0 spiro atoms. The van der Waals surface area contributed by atoms with Crippen molar-refractivity contribution < 1.29 is 9.53 Å². The number of hydrogen-bond acceptors (Lipinski definition) is 4. The van der Waals surface area contributed by atoms with Crippen LogP contribution < -0.4 is 5.73 Å². The Morgan fingerprint density at radius 3 is 2.56 bits per heavy atom. The highest BCUT2D eigenvalue weighted by molar-refractivity contribution is 5.82. The molecule has 1 heterocycles. The van der Waals surface area contributed by atoms with E-state index in [1.54, 1.807) is 0 Å². The molecule has 0 bridgehead atoms. The first-order valence-corrected chi connectivity index (χ1v) is 8.59. The second kappa shape index (κ2) is 6.97. The molecule has 1 atom stereocenters. The van der Waals surface area contributed by atoms with Crippen LogP contribution in [0.15, 0.2) is 42.5 Å². The average Bonchev–Trinajstić information content (AvgIpc) is 2.99. The second-order valence-corrected chi connectivity index (χ2v) is 6.03. The Balaban J connectivity index is 2.00. The number of ether oxygens (including phenoxy) is 1. The number of nitrogen functional groups attached to an aromatic ring is 1. The van der Waals surface area contributed by atoms with Gasteiger partial charge in [0.1, 0.15) is 5.82 Å². The van der Waals surface area contributed by atoms with Crippen molar-refractivity contribution in [3.8, 4) is 5.69 Å². The largest absolute Gasteiger partial charge is 0.466 e. The fourth-order valence-electron chi connectivity index (χ4n) is 2.99. The van der Waals surface area contributed by atoms with Gasteiger partial charge >= 0.3 is 5.97 Å². The van der Waals surface area contributed by atoms with Gasteiger partial charge in [-0.1, -0.05) is 19.1 Å². The Bertz CT molecular complexity index is 897. The van der Waals surface area contributed by atoms with E-state index in [0.29, 0.717) is 12.3 Å². The lowest BCUT2D eigenvalue weighted by Gasteiger charge is -2.13. The summed E-state index contributed by atoms with van der Waals surface area (Å²) >= 11 is 0. The average molecular weight is 337 g/mol. The summed E-state index contributed by atoms with van der Waals surface area (Å²) in [6.07, 6.45) is 0.815. The molecule has 0 saturated heterocycles. The van der Waals surface area contributed by atoms with Gasteiger partial charge in [-0.25, -0.2) is 4.98 Å². The highest BCUT2D eigenvalue weighted by Crippen LogP contribution is 2.25. The molecule has 0 amide bonds. The number of aromatic nitrogens is 2. The SMILES string of the molecule is CCOC(=O)C(C)c1ccc(-n2c(CC)nc3cc(N)ccc32)cc1. The van der Waals surface area contributed by atoms with E-state index in [-0.39, 0.29) is 11.9 Å². The highest BCUT2D eigenvalue weighted by atomic mass is 16.5. The molecular formula is C20H23N3O2. The monoisotopic (exact) mass is 337 g/mol.